The van der Waals surface area contributed by atoms with Gasteiger partial charge >= 0.3 is 5.97 Å². The zero-order valence-corrected chi connectivity index (χ0v) is 9.92. The molecule has 0 aromatic carbocycles. The van der Waals surface area contributed by atoms with E-state index >= 15 is 0 Å². The van der Waals surface area contributed by atoms with Gasteiger partial charge in [0.05, 0.1) is 12.5 Å². The fraction of sp³-hybridized carbons (Fsp3) is 0.800. The van der Waals surface area contributed by atoms with Gasteiger partial charge in [-0.2, -0.15) is 0 Å². The van der Waals surface area contributed by atoms with Crippen LogP contribution in [0.3, 0.4) is 0 Å². The molecule has 1 atom stereocenters. The Morgan fingerprint density at radius 2 is 2.19 bits per heavy atom. The molecule has 0 fully saturated rings. The molecule has 0 saturated heterocycles. The van der Waals surface area contributed by atoms with Gasteiger partial charge in [-0.1, -0.05) is 20.8 Å². The van der Waals surface area contributed by atoms with Gasteiger partial charge in [-0.15, -0.1) is 5.10 Å². The lowest BCUT2D eigenvalue weighted by molar-refractivity contribution is -0.138. The number of hydrogen-bond donors (Lipinski definition) is 1. The topological polar surface area (TPSA) is 80.9 Å². The van der Waals surface area contributed by atoms with E-state index in [0.29, 0.717) is 0 Å². The molecule has 1 N–H and O–H groups in total. The predicted molar refractivity (Wildman–Crippen MR) is 57.9 cm³/mol. The summed E-state index contributed by atoms with van der Waals surface area (Å²) in [6.07, 6.45) is 1.77. The molecule has 1 unspecified atom stereocenters. The van der Waals surface area contributed by atoms with Crippen molar-refractivity contribution in [2.75, 3.05) is 0 Å². The van der Waals surface area contributed by atoms with E-state index in [9.17, 15) is 4.79 Å². The Hall–Kier alpha value is -1.46. The quantitative estimate of drug-likeness (QED) is 0.790. The highest BCUT2D eigenvalue weighted by Crippen LogP contribution is 2.21. The van der Waals surface area contributed by atoms with Crippen molar-refractivity contribution in [1.82, 2.24) is 20.2 Å². The molecule has 0 amide bonds. The van der Waals surface area contributed by atoms with Gasteiger partial charge < -0.3 is 5.11 Å². The van der Waals surface area contributed by atoms with E-state index in [2.05, 4.69) is 15.5 Å². The van der Waals surface area contributed by atoms with Gasteiger partial charge in [0.1, 0.15) is 0 Å². The average Bonchev–Trinajstić information content (AvgIpc) is 2.62. The second-order valence-corrected chi connectivity index (χ2v) is 4.20. The summed E-state index contributed by atoms with van der Waals surface area (Å²) in [5.41, 5.74) is 0. The van der Waals surface area contributed by atoms with Gasteiger partial charge in [0, 0.05) is 6.42 Å². The van der Waals surface area contributed by atoms with Gasteiger partial charge in [0.15, 0.2) is 5.82 Å². The first-order chi connectivity index (χ1) is 7.56. The first-order valence-electron chi connectivity index (χ1n) is 5.54. The highest BCUT2D eigenvalue weighted by atomic mass is 16.4. The SMILES string of the molecule is CCCc1nnnn1C(CC(=O)O)C(C)C. The minimum absolute atomic E-state index is 0.0550. The Bertz CT molecular complexity index is 348. The van der Waals surface area contributed by atoms with Crippen LogP contribution in [0.1, 0.15) is 45.5 Å². The summed E-state index contributed by atoms with van der Waals surface area (Å²) in [4.78, 5) is 10.8. The lowest BCUT2D eigenvalue weighted by Crippen LogP contribution is -2.22. The van der Waals surface area contributed by atoms with Crippen molar-refractivity contribution in [3.8, 4) is 0 Å². The molecular weight excluding hydrogens is 208 g/mol. The maximum absolute atomic E-state index is 10.8. The van der Waals surface area contributed by atoms with Crippen LogP contribution in [0.15, 0.2) is 0 Å². The zero-order chi connectivity index (χ0) is 12.1. The molecule has 0 aliphatic rings. The monoisotopic (exact) mass is 226 g/mol. The van der Waals surface area contributed by atoms with E-state index < -0.39 is 5.97 Å². The number of aryl methyl sites for hydroxylation is 1. The molecular formula is C10H18N4O2. The minimum atomic E-state index is -0.823. The summed E-state index contributed by atoms with van der Waals surface area (Å²) in [5.74, 6) is 0.134. The summed E-state index contributed by atoms with van der Waals surface area (Å²) in [7, 11) is 0. The Labute approximate surface area is 94.7 Å². The summed E-state index contributed by atoms with van der Waals surface area (Å²) >= 11 is 0. The lowest BCUT2D eigenvalue weighted by atomic mass is 10.0. The maximum Gasteiger partial charge on any atom is 0.305 e. The van der Waals surface area contributed by atoms with Crippen molar-refractivity contribution in [3.05, 3.63) is 5.82 Å². The maximum atomic E-state index is 10.8. The minimum Gasteiger partial charge on any atom is -0.481 e. The number of rotatable bonds is 6. The molecule has 0 saturated carbocycles. The molecule has 16 heavy (non-hydrogen) atoms. The van der Waals surface area contributed by atoms with E-state index in [0.717, 1.165) is 18.7 Å². The van der Waals surface area contributed by atoms with Crippen molar-refractivity contribution in [1.29, 1.82) is 0 Å². The average molecular weight is 226 g/mol. The van der Waals surface area contributed by atoms with Crippen LogP contribution in [-0.4, -0.2) is 31.3 Å². The number of carboxylic acids is 1. The lowest BCUT2D eigenvalue weighted by Gasteiger charge is -2.19. The fourth-order valence-corrected chi connectivity index (χ4v) is 1.64. The molecule has 90 valence electrons. The number of carbonyl (C=O) groups is 1. The summed E-state index contributed by atoms with van der Waals surface area (Å²) < 4.78 is 1.66. The number of carboxylic acid groups (broad SMARTS) is 1. The molecule has 1 rings (SSSR count). The van der Waals surface area contributed by atoms with Crippen molar-refractivity contribution in [2.24, 2.45) is 5.92 Å². The molecule has 0 radical (unpaired) electrons. The van der Waals surface area contributed by atoms with Gasteiger partial charge in [0.2, 0.25) is 0 Å². The van der Waals surface area contributed by atoms with Crippen LogP contribution in [0.5, 0.6) is 0 Å². The van der Waals surface area contributed by atoms with Crippen molar-refractivity contribution >= 4 is 5.97 Å². The van der Waals surface area contributed by atoms with Crippen LogP contribution < -0.4 is 0 Å². The van der Waals surface area contributed by atoms with Crippen LogP contribution in [-0.2, 0) is 11.2 Å². The Morgan fingerprint density at radius 3 is 2.69 bits per heavy atom. The molecule has 0 aliphatic carbocycles. The van der Waals surface area contributed by atoms with Crippen LogP contribution >= 0.6 is 0 Å². The van der Waals surface area contributed by atoms with Crippen molar-refractivity contribution < 1.29 is 9.90 Å². The van der Waals surface area contributed by atoms with Gasteiger partial charge in [0.25, 0.3) is 0 Å². The number of hydrogen-bond acceptors (Lipinski definition) is 4. The second kappa shape index (κ2) is 5.58. The second-order valence-electron chi connectivity index (χ2n) is 4.20. The third-order valence-corrected chi connectivity index (χ3v) is 2.50. The third-order valence-electron chi connectivity index (χ3n) is 2.50. The van der Waals surface area contributed by atoms with Gasteiger partial charge in [-0.05, 0) is 22.8 Å². The molecule has 0 bridgehead atoms. The van der Waals surface area contributed by atoms with E-state index in [-0.39, 0.29) is 18.4 Å². The van der Waals surface area contributed by atoms with E-state index in [4.69, 9.17) is 5.11 Å². The van der Waals surface area contributed by atoms with Crippen LogP contribution in [0.2, 0.25) is 0 Å². The largest absolute Gasteiger partial charge is 0.481 e. The zero-order valence-electron chi connectivity index (χ0n) is 9.92. The first kappa shape index (κ1) is 12.6. The van der Waals surface area contributed by atoms with E-state index in [1.54, 1.807) is 4.68 Å². The fourth-order valence-electron chi connectivity index (χ4n) is 1.64. The Balaban J connectivity index is 2.91. The van der Waals surface area contributed by atoms with Crippen molar-refractivity contribution in [2.45, 2.75) is 46.1 Å². The molecule has 1 aromatic heterocycles. The Kier molecular flexibility index (Phi) is 4.39. The molecule has 0 aliphatic heterocycles. The molecule has 6 nitrogen and oxygen atoms in total. The van der Waals surface area contributed by atoms with E-state index in [1.807, 2.05) is 20.8 Å². The van der Waals surface area contributed by atoms with Crippen LogP contribution in [0.25, 0.3) is 0 Å². The highest BCUT2D eigenvalue weighted by Gasteiger charge is 2.22. The normalized spacial score (nSPS) is 13.0. The molecule has 0 spiro atoms. The van der Waals surface area contributed by atoms with Gasteiger partial charge in [-0.3, -0.25) is 4.79 Å². The molecule has 1 aromatic rings. The summed E-state index contributed by atoms with van der Waals surface area (Å²) in [5, 5.41) is 20.3. The summed E-state index contributed by atoms with van der Waals surface area (Å²) in [6.45, 7) is 6.00. The van der Waals surface area contributed by atoms with Crippen LogP contribution in [0.4, 0.5) is 0 Å². The number of tetrazole rings is 1. The summed E-state index contributed by atoms with van der Waals surface area (Å²) in [6, 6.07) is -0.172. The van der Waals surface area contributed by atoms with E-state index in [1.165, 1.54) is 0 Å². The van der Waals surface area contributed by atoms with Gasteiger partial charge in [-0.25, -0.2) is 4.68 Å². The third kappa shape index (κ3) is 3.01. The standard InChI is InChI=1S/C10H18N4O2/c1-4-5-9-11-12-13-14(9)8(7(2)3)6-10(15)16/h7-8H,4-6H2,1-3H3,(H,15,16). The smallest absolute Gasteiger partial charge is 0.305 e. The van der Waals surface area contributed by atoms with Crippen LogP contribution in [0, 0.1) is 5.92 Å². The molecule has 6 heteroatoms. The Morgan fingerprint density at radius 1 is 1.50 bits per heavy atom. The predicted octanol–water partition coefficient (Wildman–Crippen LogP) is 1.30. The number of aromatic nitrogens is 4. The highest BCUT2D eigenvalue weighted by molar-refractivity contribution is 5.67. The number of aliphatic carboxylic acids is 1. The molecule has 1 heterocycles. The number of nitrogens with zero attached hydrogens (tertiary/aromatic N) is 4. The first-order valence-corrected chi connectivity index (χ1v) is 5.54. The van der Waals surface area contributed by atoms with Crippen molar-refractivity contribution in [3.63, 3.8) is 0 Å².